The maximum Gasteiger partial charge on any atom is 0.255 e. The topological polar surface area (TPSA) is 54.8 Å². The SMILES string of the molecule is CCCCCCCC(=O)N1CCN(C(=O)c2cc(-c3ccc(OC)cc3)n(-c3ccccc3F)c2C)CC1. The molecule has 4 rings (SSSR count). The molecule has 1 saturated heterocycles. The van der Waals surface area contributed by atoms with Gasteiger partial charge in [0.05, 0.1) is 24.1 Å². The van der Waals surface area contributed by atoms with E-state index < -0.39 is 0 Å². The molecule has 3 aromatic rings. The number of nitrogens with zero attached hydrogens (tertiary/aromatic N) is 3. The number of benzene rings is 2. The molecule has 0 N–H and O–H groups in total. The van der Waals surface area contributed by atoms with Crippen molar-refractivity contribution in [2.24, 2.45) is 0 Å². The van der Waals surface area contributed by atoms with Crippen molar-refractivity contribution in [3.63, 3.8) is 0 Å². The number of piperazine rings is 1. The molecule has 202 valence electrons. The predicted molar refractivity (Wildman–Crippen MR) is 148 cm³/mol. The van der Waals surface area contributed by atoms with Gasteiger partial charge in [-0.25, -0.2) is 4.39 Å². The molecule has 1 fully saturated rings. The van der Waals surface area contributed by atoms with Gasteiger partial charge in [0.25, 0.3) is 5.91 Å². The molecule has 0 atom stereocenters. The average molecular weight is 520 g/mol. The number of aromatic nitrogens is 1. The highest BCUT2D eigenvalue weighted by atomic mass is 19.1. The fourth-order valence-corrected chi connectivity index (χ4v) is 5.11. The van der Waals surface area contributed by atoms with Gasteiger partial charge < -0.3 is 19.1 Å². The number of carbonyl (C=O) groups excluding carboxylic acids is 2. The third-order valence-electron chi connectivity index (χ3n) is 7.37. The van der Waals surface area contributed by atoms with Gasteiger partial charge in [-0.2, -0.15) is 0 Å². The van der Waals surface area contributed by atoms with Crippen molar-refractivity contribution in [3.8, 4) is 22.7 Å². The molecule has 1 aromatic heterocycles. The second-order valence-corrected chi connectivity index (χ2v) is 9.88. The van der Waals surface area contributed by atoms with Gasteiger partial charge in [0.15, 0.2) is 0 Å². The predicted octanol–water partition coefficient (Wildman–Crippen LogP) is 6.25. The second-order valence-electron chi connectivity index (χ2n) is 9.88. The minimum absolute atomic E-state index is 0.0981. The third-order valence-corrected chi connectivity index (χ3v) is 7.37. The van der Waals surface area contributed by atoms with Gasteiger partial charge in [0.1, 0.15) is 11.6 Å². The van der Waals surface area contributed by atoms with Crippen molar-refractivity contribution in [3.05, 3.63) is 71.7 Å². The molecule has 2 aromatic carbocycles. The Morgan fingerprint density at radius 1 is 0.895 bits per heavy atom. The van der Waals surface area contributed by atoms with Crippen molar-refractivity contribution in [1.82, 2.24) is 14.4 Å². The van der Waals surface area contributed by atoms with E-state index in [0.717, 1.165) is 29.8 Å². The second kappa shape index (κ2) is 12.8. The maximum absolute atomic E-state index is 14.9. The Labute approximate surface area is 225 Å². The van der Waals surface area contributed by atoms with Gasteiger partial charge in [-0.1, -0.05) is 44.7 Å². The van der Waals surface area contributed by atoms with Crippen LogP contribution in [0.25, 0.3) is 16.9 Å². The first-order valence-corrected chi connectivity index (χ1v) is 13.6. The molecular formula is C31H38FN3O3. The number of para-hydroxylation sites is 1. The summed E-state index contributed by atoms with van der Waals surface area (Å²) in [5, 5.41) is 0. The van der Waals surface area contributed by atoms with E-state index in [0.29, 0.717) is 49.5 Å². The molecule has 6 nitrogen and oxygen atoms in total. The molecule has 2 amide bonds. The molecule has 0 radical (unpaired) electrons. The number of rotatable bonds is 10. The van der Waals surface area contributed by atoms with Crippen LogP contribution in [-0.2, 0) is 4.79 Å². The Kier molecular flexibility index (Phi) is 9.21. The normalized spacial score (nSPS) is 13.6. The smallest absolute Gasteiger partial charge is 0.255 e. The lowest BCUT2D eigenvalue weighted by Gasteiger charge is -2.35. The first kappa shape index (κ1) is 27.4. The van der Waals surface area contributed by atoms with E-state index in [4.69, 9.17) is 4.74 Å². The number of unbranched alkanes of at least 4 members (excludes halogenated alkanes) is 4. The minimum Gasteiger partial charge on any atom is -0.497 e. The number of ether oxygens (including phenoxy) is 1. The summed E-state index contributed by atoms with van der Waals surface area (Å²) in [4.78, 5) is 30.0. The lowest BCUT2D eigenvalue weighted by atomic mass is 10.1. The lowest BCUT2D eigenvalue weighted by molar-refractivity contribution is -0.132. The quantitative estimate of drug-likeness (QED) is 0.298. The lowest BCUT2D eigenvalue weighted by Crippen LogP contribution is -2.50. The number of halogens is 1. The van der Waals surface area contributed by atoms with Crippen LogP contribution in [0, 0.1) is 12.7 Å². The summed E-state index contributed by atoms with van der Waals surface area (Å²) in [6.07, 6.45) is 6.17. The van der Waals surface area contributed by atoms with E-state index in [9.17, 15) is 14.0 Å². The highest BCUT2D eigenvalue weighted by Crippen LogP contribution is 2.32. The Balaban J connectivity index is 1.53. The standard InChI is InChI=1S/C31H38FN3O3/c1-4-5-6-7-8-13-30(36)33-18-20-34(21-19-33)31(37)26-22-29(24-14-16-25(38-3)17-15-24)35(23(26)2)28-12-10-9-11-27(28)32/h9-12,14-17,22H,4-8,13,18-21H2,1-3H3. The molecule has 38 heavy (non-hydrogen) atoms. The van der Waals surface area contributed by atoms with Gasteiger partial charge in [-0.3, -0.25) is 9.59 Å². The number of hydrogen-bond acceptors (Lipinski definition) is 3. The minimum atomic E-state index is -0.359. The van der Waals surface area contributed by atoms with Crippen LogP contribution in [0.3, 0.4) is 0 Å². The summed E-state index contributed by atoms with van der Waals surface area (Å²) in [7, 11) is 1.61. The molecule has 7 heteroatoms. The van der Waals surface area contributed by atoms with Crippen LogP contribution in [0.1, 0.15) is 61.5 Å². The Morgan fingerprint density at radius 3 is 2.21 bits per heavy atom. The van der Waals surface area contributed by atoms with Crippen LogP contribution in [0.4, 0.5) is 4.39 Å². The van der Waals surface area contributed by atoms with E-state index in [1.165, 1.54) is 25.3 Å². The van der Waals surface area contributed by atoms with Crippen molar-refractivity contribution in [2.45, 2.75) is 52.4 Å². The molecule has 0 bridgehead atoms. The van der Waals surface area contributed by atoms with Gasteiger partial charge in [0, 0.05) is 38.3 Å². The molecule has 1 aliphatic heterocycles. The summed E-state index contributed by atoms with van der Waals surface area (Å²) in [6, 6.07) is 16.0. The van der Waals surface area contributed by atoms with E-state index in [2.05, 4.69) is 6.92 Å². The largest absolute Gasteiger partial charge is 0.497 e. The van der Waals surface area contributed by atoms with E-state index in [-0.39, 0.29) is 17.6 Å². The summed E-state index contributed by atoms with van der Waals surface area (Å²) < 4.78 is 22.0. The maximum atomic E-state index is 14.9. The van der Waals surface area contributed by atoms with Crippen LogP contribution >= 0.6 is 0 Å². The first-order chi connectivity index (χ1) is 18.4. The van der Waals surface area contributed by atoms with Crippen molar-refractivity contribution in [2.75, 3.05) is 33.3 Å². The van der Waals surface area contributed by atoms with Gasteiger partial charge in [-0.05, 0) is 61.4 Å². The molecule has 0 saturated carbocycles. The Bertz CT molecular complexity index is 1240. The molecule has 0 aliphatic carbocycles. The molecule has 0 spiro atoms. The molecule has 2 heterocycles. The van der Waals surface area contributed by atoms with Gasteiger partial charge >= 0.3 is 0 Å². The van der Waals surface area contributed by atoms with Crippen LogP contribution in [-0.4, -0.2) is 59.5 Å². The van der Waals surface area contributed by atoms with E-state index >= 15 is 0 Å². The summed E-state index contributed by atoms with van der Waals surface area (Å²) in [5.74, 6) is 0.442. The van der Waals surface area contributed by atoms with Crippen molar-refractivity contribution < 1.29 is 18.7 Å². The van der Waals surface area contributed by atoms with Gasteiger partial charge in [-0.15, -0.1) is 0 Å². The Hall–Kier alpha value is -3.61. The van der Waals surface area contributed by atoms with E-state index in [1.807, 2.05) is 46.7 Å². The molecular weight excluding hydrogens is 481 g/mol. The van der Waals surface area contributed by atoms with Crippen molar-refractivity contribution in [1.29, 1.82) is 0 Å². The van der Waals surface area contributed by atoms with E-state index in [1.54, 1.807) is 30.2 Å². The first-order valence-electron chi connectivity index (χ1n) is 13.6. The summed E-state index contributed by atoms with van der Waals surface area (Å²) in [5.41, 5.74) is 3.19. The average Bonchev–Trinajstić information content (AvgIpc) is 3.29. The number of methoxy groups -OCH3 is 1. The highest BCUT2D eigenvalue weighted by Gasteiger charge is 2.28. The fraction of sp³-hybridized carbons (Fsp3) is 0.419. The monoisotopic (exact) mass is 519 g/mol. The van der Waals surface area contributed by atoms with Crippen LogP contribution in [0.15, 0.2) is 54.6 Å². The number of hydrogen-bond donors (Lipinski definition) is 0. The van der Waals surface area contributed by atoms with Crippen LogP contribution in [0.2, 0.25) is 0 Å². The van der Waals surface area contributed by atoms with Crippen LogP contribution in [0.5, 0.6) is 5.75 Å². The third kappa shape index (κ3) is 6.09. The highest BCUT2D eigenvalue weighted by molar-refractivity contribution is 5.97. The zero-order valence-corrected chi connectivity index (χ0v) is 22.7. The zero-order chi connectivity index (χ0) is 27.1. The number of amides is 2. The fourth-order valence-electron chi connectivity index (χ4n) is 5.11. The number of carbonyl (C=O) groups is 2. The molecule has 1 aliphatic rings. The molecule has 0 unspecified atom stereocenters. The Morgan fingerprint density at radius 2 is 1.55 bits per heavy atom. The van der Waals surface area contributed by atoms with Crippen molar-refractivity contribution >= 4 is 11.8 Å². The summed E-state index contributed by atoms with van der Waals surface area (Å²) >= 11 is 0. The summed E-state index contributed by atoms with van der Waals surface area (Å²) in [6.45, 7) is 6.09. The van der Waals surface area contributed by atoms with Crippen LogP contribution < -0.4 is 4.74 Å². The van der Waals surface area contributed by atoms with Gasteiger partial charge in [0.2, 0.25) is 5.91 Å². The zero-order valence-electron chi connectivity index (χ0n) is 22.7.